The summed E-state index contributed by atoms with van der Waals surface area (Å²) in [6.07, 6.45) is 0.934. The number of aryl methyl sites for hydroxylation is 1. The Balaban J connectivity index is 2.51. The standard InChI is InChI=1S/C15H23NO2/c1-11(2)13-6-5-12(3)14(9-13)7-8-16-10-15(17)18-4/h5-6,9,11,16H,7-8,10H2,1-4H3. The highest BCUT2D eigenvalue weighted by atomic mass is 16.5. The van der Waals surface area contributed by atoms with Crippen molar-refractivity contribution in [1.82, 2.24) is 5.32 Å². The number of carbonyl (C=O) groups excluding carboxylic acids is 1. The Labute approximate surface area is 110 Å². The zero-order valence-corrected chi connectivity index (χ0v) is 11.7. The average Bonchev–Trinajstić information content (AvgIpc) is 2.35. The molecule has 0 aliphatic heterocycles. The molecule has 18 heavy (non-hydrogen) atoms. The number of esters is 1. The van der Waals surface area contributed by atoms with Gasteiger partial charge in [0.2, 0.25) is 0 Å². The van der Waals surface area contributed by atoms with Crippen molar-refractivity contribution in [3.8, 4) is 0 Å². The Morgan fingerprint density at radius 2 is 2.11 bits per heavy atom. The predicted molar refractivity (Wildman–Crippen MR) is 73.9 cm³/mol. The minimum atomic E-state index is -0.220. The van der Waals surface area contributed by atoms with E-state index in [1.165, 1.54) is 23.8 Å². The molecule has 1 aromatic rings. The molecule has 0 amide bonds. The van der Waals surface area contributed by atoms with E-state index in [1.54, 1.807) is 0 Å². The lowest BCUT2D eigenvalue weighted by Gasteiger charge is -2.11. The Hall–Kier alpha value is -1.35. The van der Waals surface area contributed by atoms with Crippen molar-refractivity contribution >= 4 is 5.97 Å². The summed E-state index contributed by atoms with van der Waals surface area (Å²) in [6.45, 7) is 7.59. The Morgan fingerprint density at radius 1 is 1.39 bits per heavy atom. The molecule has 3 nitrogen and oxygen atoms in total. The third-order valence-corrected chi connectivity index (χ3v) is 3.11. The van der Waals surface area contributed by atoms with Crippen LogP contribution in [0.3, 0.4) is 0 Å². The molecule has 0 aliphatic carbocycles. The van der Waals surface area contributed by atoms with E-state index in [2.05, 4.69) is 49.0 Å². The fraction of sp³-hybridized carbons (Fsp3) is 0.533. The third kappa shape index (κ3) is 4.49. The van der Waals surface area contributed by atoms with E-state index >= 15 is 0 Å². The van der Waals surface area contributed by atoms with Crippen LogP contribution >= 0.6 is 0 Å². The minimum absolute atomic E-state index is 0.220. The van der Waals surface area contributed by atoms with Crippen molar-refractivity contribution in [3.05, 3.63) is 34.9 Å². The number of hydrogen-bond donors (Lipinski definition) is 1. The van der Waals surface area contributed by atoms with Crippen LogP contribution in [0.1, 0.15) is 36.5 Å². The van der Waals surface area contributed by atoms with Gasteiger partial charge >= 0.3 is 5.97 Å². The lowest BCUT2D eigenvalue weighted by Crippen LogP contribution is -2.26. The second kappa shape index (κ2) is 7.17. The van der Waals surface area contributed by atoms with Gasteiger partial charge in [0, 0.05) is 0 Å². The van der Waals surface area contributed by atoms with Gasteiger partial charge in [-0.25, -0.2) is 0 Å². The Kier molecular flexibility index (Phi) is 5.86. The third-order valence-electron chi connectivity index (χ3n) is 3.11. The SMILES string of the molecule is COC(=O)CNCCc1cc(C(C)C)ccc1C. The molecule has 0 bridgehead atoms. The number of hydrogen-bond acceptors (Lipinski definition) is 3. The highest BCUT2D eigenvalue weighted by molar-refractivity contribution is 5.71. The molecule has 0 aliphatic rings. The first-order valence-electron chi connectivity index (χ1n) is 6.41. The van der Waals surface area contributed by atoms with Crippen LogP contribution in [-0.4, -0.2) is 26.2 Å². The number of methoxy groups -OCH3 is 1. The molecule has 0 radical (unpaired) electrons. The zero-order valence-electron chi connectivity index (χ0n) is 11.7. The smallest absolute Gasteiger partial charge is 0.319 e. The molecule has 3 heteroatoms. The summed E-state index contributed by atoms with van der Waals surface area (Å²) in [6, 6.07) is 6.62. The molecular weight excluding hydrogens is 226 g/mol. The van der Waals surface area contributed by atoms with Gasteiger partial charge in [-0.05, 0) is 42.5 Å². The Morgan fingerprint density at radius 3 is 2.72 bits per heavy atom. The van der Waals surface area contributed by atoms with Crippen LogP contribution in [0.5, 0.6) is 0 Å². The van der Waals surface area contributed by atoms with E-state index in [9.17, 15) is 4.79 Å². The average molecular weight is 249 g/mol. The van der Waals surface area contributed by atoms with Crippen molar-refractivity contribution in [2.75, 3.05) is 20.2 Å². The predicted octanol–water partition coefficient (Wildman–Crippen LogP) is 2.42. The van der Waals surface area contributed by atoms with Crippen LogP contribution in [0, 0.1) is 6.92 Å². The summed E-state index contributed by atoms with van der Waals surface area (Å²) < 4.78 is 4.58. The summed E-state index contributed by atoms with van der Waals surface area (Å²) >= 11 is 0. The van der Waals surface area contributed by atoms with E-state index < -0.39 is 0 Å². The first-order valence-corrected chi connectivity index (χ1v) is 6.41. The van der Waals surface area contributed by atoms with E-state index in [4.69, 9.17) is 0 Å². The van der Waals surface area contributed by atoms with Crippen molar-refractivity contribution < 1.29 is 9.53 Å². The fourth-order valence-corrected chi connectivity index (χ4v) is 1.81. The highest BCUT2D eigenvalue weighted by Gasteiger charge is 2.04. The first-order chi connectivity index (χ1) is 8.54. The van der Waals surface area contributed by atoms with E-state index in [0.717, 1.165) is 13.0 Å². The number of nitrogens with one attached hydrogen (secondary N) is 1. The molecule has 0 aromatic heterocycles. The van der Waals surface area contributed by atoms with E-state index in [0.29, 0.717) is 5.92 Å². The summed E-state index contributed by atoms with van der Waals surface area (Å²) in [7, 11) is 1.40. The summed E-state index contributed by atoms with van der Waals surface area (Å²) in [5.74, 6) is 0.329. The van der Waals surface area contributed by atoms with Gasteiger partial charge in [-0.1, -0.05) is 32.0 Å². The lowest BCUT2D eigenvalue weighted by molar-refractivity contribution is -0.139. The maximum absolute atomic E-state index is 10.9. The van der Waals surface area contributed by atoms with Gasteiger partial charge in [-0.2, -0.15) is 0 Å². The van der Waals surface area contributed by atoms with Gasteiger partial charge in [0.1, 0.15) is 0 Å². The van der Waals surface area contributed by atoms with Crippen LogP contribution in [0.4, 0.5) is 0 Å². The molecule has 0 atom stereocenters. The molecule has 0 saturated carbocycles. The number of ether oxygens (including phenoxy) is 1. The van der Waals surface area contributed by atoms with Crippen LogP contribution in [0.15, 0.2) is 18.2 Å². The monoisotopic (exact) mass is 249 g/mol. The van der Waals surface area contributed by atoms with E-state index in [-0.39, 0.29) is 12.5 Å². The minimum Gasteiger partial charge on any atom is -0.468 e. The van der Waals surface area contributed by atoms with Crippen LogP contribution in [-0.2, 0) is 16.0 Å². The molecule has 0 unspecified atom stereocenters. The van der Waals surface area contributed by atoms with Crippen molar-refractivity contribution in [2.24, 2.45) is 0 Å². The van der Waals surface area contributed by atoms with Crippen molar-refractivity contribution in [3.63, 3.8) is 0 Å². The molecule has 0 heterocycles. The highest BCUT2D eigenvalue weighted by Crippen LogP contribution is 2.18. The zero-order chi connectivity index (χ0) is 13.5. The van der Waals surface area contributed by atoms with Crippen molar-refractivity contribution in [1.29, 1.82) is 0 Å². The summed E-state index contributed by atoms with van der Waals surface area (Å²) in [4.78, 5) is 10.9. The molecule has 100 valence electrons. The van der Waals surface area contributed by atoms with Gasteiger partial charge in [0.25, 0.3) is 0 Å². The van der Waals surface area contributed by atoms with Crippen LogP contribution in [0.25, 0.3) is 0 Å². The Bertz CT molecular complexity index is 399. The molecule has 1 rings (SSSR count). The largest absolute Gasteiger partial charge is 0.468 e. The maximum Gasteiger partial charge on any atom is 0.319 e. The van der Waals surface area contributed by atoms with Crippen LogP contribution in [0.2, 0.25) is 0 Å². The molecule has 1 aromatic carbocycles. The van der Waals surface area contributed by atoms with Crippen LogP contribution < -0.4 is 5.32 Å². The molecule has 1 N–H and O–H groups in total. The summed E-state index contributed by atoms with van der Waals surface area (Å²) in [5, 5.41) is 3.09. The van der Waals surface area contributed by atoms with Gasteiger partial charge < -0.3 is 10.1 Å². The summed E-state index contributed by atoms with van der Waals surface area (Å²) in [5.41, 5.74) is 4.02. The second-order valence-corrected chi connectivity index (χ2v) is 4.84. The molecule has 0 saturated heterocycles. The normalized spacial score (nSPS) is 10.7. The van der Waals surface area contributed by atoms with Gasteiger partial charge in [-0.3, -0.25) is 4.79 Å². The molecule has 0 fully saturated rings. The molecular formula is C15H23NO2. The first kappa shape index (κ1) is 14.7. The topological polar surface area (TPSA) is 38.3 Å². The fourth-order valence-electron chi connectivity index (χ4n) is 1.81. The van der Waals surface area contributed by atoms with Gasteiger partial charge in [-0.15, -0.1) is 0 Å². The van der Waals surface area contributed by atoms with E-state index in [1.807, 2.05) is 0 Å². The molecule has 0 spiro atoms. The quantitative estimate of drug-likeness (QED) is 0.621. The van der Waals surface area contributed by atoms with Gasteiger partial charge in [0.15, 0.2) is 0 Å². The van der Waals surface area contributed by atoms with Crippen molar-refractivity contribution in [2.45, 2.75) is 33.1 Å². The number of rotatable bonds is 6. The van der Waals surface area contributed by atoms with Gasteiger partial charge in [0.05, 0.1) is 13.7 Å². The number of carbonyl (C=O) groups is 1. The maximum atomic E-state index is 10.9. The second-order valence-electron chi connectivity index (χ2n) is 4.84. The number of benzene rings is 1. The lowest BCUT2D eigenvalue weighted by atomic mass is 9.96.